The molecule has 0 aliphatic rings. The fourth-order valence-corrected chi connectivity index (χ4v) is 2.19. The Labute approximate surface area is 123 Å². The molecular formula is C16H18N2O3. The quantitative estimate of drug-likeness (QED) is 0.631. The Morgan fingerprint density at radius 1 is 1.14 bits per heavy atom. The van der Waals surface area contributed by atoms with E-state index in [0.717, 1.165) is 11.3 Å². The van der Waals surface area contributed by atoms with E-state index in [4.69, 9.17) is 0 Å². The highest BCUT2D eigenvalue weighted by atomic mass is 16.6. The Morgan fingerprint density at radius 3 is 2.29 bits per heavy atom. The van der Waals surface area contributed by atoms with Crippen LogP contribution in [0.2, 0.25) is 0 Å². The number of nitro benzene ring substituents is 1. The van der Waals surface area contributed by atoms with Gasteiger partial charge in [-0.1, -0.05) is 30.3 Å². The van der Waals surface area contributed by atoms with Gasteiger partial charge < -0.3 is 10.4 Å². The molecule has 5 heteroatoms. The van der Waals surface area contributed by atoms with Crippen molar-refractivity contribution in [2.24, 2.45) is 0 Å². The minimum absolute atomic E-state index is 0.0547. The van der Waals surface area contributed by atoms with Crippen molar-refractivity contribution in [2.45, 2.75) is 18.9 Å². The molecule has 2 atom stereocenters. The van der Waals surface area contributed by atoms with Gasteiger partial charge in [-0.05, 0) is 24.6 Å². The molecule has 110 valence electrons. The summed E-state index contributed by atoms with van der Waals surface area (Å²) in [7, 11) is 0. The van der Waals surface area contributed by atoms with Crippen molar-refractivity contribution in [3.8, 4) is 0 Å². The molecule has 0 aliphatic carbocycles. The number of hydrogen-bond donors (Lipinski definition) is 2. The van der Waals surface area contributed by atoms with Crippen LogP contribution in [-0.2, 0) is 0 Å². The van der Waals surface area contributed by atoms with Gasteiger partial charge in [-0.2, -0.15) is 0 Å². The van der Waals surface area contributed by atoms with Crippen LogP contribution in [0.1, 0.15) is 18.4 Å². The zero-order valence-corrected chi connectivity index (χ0v) is 11.8. The summed E-state index contributed by atoms with van der Waals surface area (Å²) in [4.78, 5) is 10.2. The molecule has 0 amide bonds. The predicted molar refractivity (Wildman–Crippen MR) is 82.4 cm³/mol. The maximum absolute atomic E-state index is 10.7. The van der Waals surface area contributed by atoms with Crippen molar-refractivity contribution >= 4 is 11.4 Å². The van der Waals surface area contributed by atoms with Gasteiger partial charge in [0, 0.05) is 30.3 Å². The standard InChI is InChI=1S/C16H18N2O3/c1-12(19)16(11-17-14-5-3-2-4-6-14)13-7-9-15(10-8-13)18(20)21/h2-10,12,16-17,19H,11H2,1H3/t12-,16?/m1/s1. The van der Waals surface area contributed by atoms with Crippen LogP contribution in [0.3, 0.4) is 0 Å². The largest absolute Gasteiger partial charge is 0.393 e. The minimum Gasteiger partial charge on any atom is -0.393 e. The monoisotopic (exact) mass is 286 g/mol. The van der Waals surface area contributed by atoms with Crippen molar-refractivity contribution in [1.29, 1.82) is 0 Å². The van der Waals surface area contributed by atoms with Crippen LogP contribution in [0.15, 0.2) is 54.6 Å². The SMILES string of the molecule is C[C@@H](O)C(CNc1ccccc1)c1ccc([N+](=O)[O-])cc1. The molecule has 0 aliphatic heterocycles. The van der Waals surface area contributed by atoms with E-state index in [9.17, 15) is 15.2 Å². The lowest BCUT2D eigenvalue weighted by atomic mass is 9.94. The summed E-state index contributed by atoms with van der Waals surface area (Å²) in [6.07, 6.45) is -0.553. The normalized spacial score (nSPS) is 13.4. The van der Waals surface area contributed by atoms with E-state index in [1.54, 1.807) is 19.1 Å². The van der Waals surface area contributed by atoms with Gasteiger partial charge in [0.15, 0.2) is 0 Å². The van der Waals surface area contributed by atoms with Crippen LogP contribution < -0.4 is 5.32 Å². The molecule has 0 spiro atoms. The van der Waals surface area contributed by atoms with Gasteiger partial charge in [-0.15, -0.1) is 0 Å². The molecule has 1 unspecified atom stereocenters. The summed E-state index contributed by atoms with van der Waals surface area (Å²) < 4.78 is 0. The zero-order chi connectivity index (χ0) is 15.2. The van der Waals surface area contributed by atoms with Crippen LogP contribution in [0.4, 0.5) is 11.4 Å². The molecule has 0 saturated heterocycles. The highest BCUT2D eigenvalue weighted by molar-refractivity contribution is 5.43. The Kier molecular flexibility index (Phi) is 4.90. The number of anilines is 1. The molecular weight excluding hydrogens is 268 g/mol. The Hall–Kier alpha value is -2.40. The van der Waals surface area contributed by atoms with Crippen LogP contribution in [-0.4, -0.2) is 22.7 Å². The first-order chi connectivity index (χ1) is 10.1. The van der Waals surface area contributed by atoms with E-state index >= 15 is 0 Å². The van der Waals surface area contributed by atoms with Crippen molar-refractivity contribution < 1.29 is 10.0 Å². The smallest absolute Gasteiger partial charge is 0.269 e. The van der Waals surface area contributed by atoms with E-state index in [1.165, 1.54) is 12.1 Å². The minimum atomic E-state index is -0.553. The number of benzene rings is 2. The van der Waals surface area contributed by atoms with Crippen LogP contribution in [0.25, 0.3) is 0 Å². The second-order valence-electron chi connectivity index (χ2n) is 4.94. The van der Waals surface area contributed by atoms with Gasteiger partial charge in [-0.25, -0.2) is 0 Å². The third-order valence-corrected chi connectivity index (χ3v) is 3.41. The maximum atomic E-state index is 10.7. The van der Waals surface area contributed by atoms with Gasteiger partial charge in [0.25, 0.3) is 5.69 Å². The van der Waals surface area contributed by atoms with Gasteiger partial charge in [0.2, 0.25) is 0 Å². The molecule has 0 radical (unpaired) electrons. The highest BCUT2D eigenvalue weighted by Gasteiger charge is 2.18. The summed E-state index contributed by atoms with van der Waals surface area (Å²) in [6.45, 7) is 2.28. The van der Waals surface area contributed by atoms with Crippen molar-refractivity contribution in [3.63, 3.8) is 0 Å². The fourth-order valence-electron chi connectivity index (χ4n) is 2.19. The molecule has 0 fully saturated rings. The summed E-state index contributed by atoms with van der Waals surface area (Å²) in [5.74, 6) is -0.133. The topological polar surface area (TPSA) is 75.4 Å². The summed E-state index contributed by atoms with van der Waals surface area (Å²) >= 11 is 0. The molecule has 2 aromatic carbocycles. The van der Waals surface area contributed by atoms with Gasteiger partial charge >= 0.3 is 0 Å². The number of aliphatic hydroxyl groups excluding tert-OH is 1. The number of aliphatic hydroxyl groups is 1. The van der Waals surface area contributed by atoms with E-state index in [0.29, 0.717) is 6.54 Å². The second-order valence-corrected chi connectivity index (χ2v) is 4.94. The fraction of sp³-hybridized carbons (Fsp3) is 0.250. The molecule has 2 rings (SSSR count). The molecule has 5 nitrogen and oxygen atoms in total. The first-order valence-electron chi connectivity index (χ1n) is 6.79. The van der Waals surface area contributed by atoms with Crippen LogP contribution in [0, 0.1) is 10.1 Å². The molecule has 0 saturated carbocycles. The Balaban J connectivity index is 2.09. The lowest BCUT2D eigenvalue weighted by Crippen LogP contribution is -2.23. The molecule has 21 heavy (non-hydrogen) atoms. The summed E-state index contributed by atoms with van der Waals surface area (Å²) in [5.41, 5.74) is 1.91. The lowest BCUT2D eigenvalue weighted by Gasteiger charge is -2.21. The first-order valence-corrected chi connectivity index (χ1v) is 6.79. The van der Waals surface area contributed by atoms with E-state index in [1.807, 2.05) is 30.3 Å². The van der Waals surface area contributed by atoms with Crippen LogP contribution in [0.5, 0.6) is 0 Å². The van der Waals surface area contributed by atoms with Crippen molar-refractivity contribution in [2.75, 3.05) is 11.9 Å². The third-order valence-electron chi connectivity index (χ3n) is 3.41. The molecule has 2 N–H and O–H groups in total. The van der Waals surface area contributed by atoms with Crippen molar-refractivity contribution in [3.05, 3.63) is 70.3 Å². The number of rotatable bonds is 6. The Morgan fingerprint density at radius 2 is 1.76 bits per heavy atom. The van der Waals surface area contributed by atoms with Crippen molar-refractivity contribution in [1.82, 2.24) is 0 Å². The summed E-state index contributed by atoms with van der Waals surface area (Å²) in [6, 6.07) is 16.0. The molecule has 0 aromatic heterocycles. The maximum Gasteiger partial charge on any atom is 0.269 e. The predicted octanol–water partition coefficient (Wildman–Crippen LogP) is 3.17. The number of nitrogens with zero attached hydrogens (tertiary/aromatic N) is 1. The number of hydrogen-bond acceptors (Lipinski definition) is 4. The number of non-ortho nitro benzene ring substituents is 1. The molecule has 0 bridgehead atoms. The summed E-state index contributed by atoms with van der Waals surface area (Å²) in [5, 5.41) is 23.9. The first kappa shape index (κ1) is 15.0. The third kappa shape index (κ3) is 4.03. The average Bonchev–Trinajstić information content (AvgIpc) is 2.48. The van der Waals surface area contributed by atoms with Crippen LogP contribution >= 0.6 is 0 Å². The van der Waals surface area contributed by atoms with Gasteiger partial charge in [-0.3, -0.25) is 10.1 Å². The van der Waals surface area contributed by atoms with E-state index in [-0.39, 0.29) is 11.6 Å². The van der Waals surface area contributed by atoms with E-state index in [2.05, 4.69) is 5.32 Å². The molecule has 2 aromatic rings. The van der Waals surface area contributed by atoms with Gasteiger partial charge in [0.05, 0.1) is 11.0 Å². The number of para-hydroxylation sites is 1. The van der Waals surface area contributed by atoms with Gasteiger partial charge in [0.1, 0.15) is 0 Å². The average molecular weight is 286 g/mol. The van der Waals surface area contributed by atoms with E-state index < -0.39 is 11.0 Å². The zero-order valence-electron chi connectivity index (χ0n) is 11.8. The number of nitrogens with one attached hydrogen (secondary N) is 1. The Bertz CT molecular complexity index is 582. The lowest BCUT2D eigenvalue weighted by molar-refractivity contribution is -0.384. The molecule has 0 heterocycles. The number of nitro groups is 1. The second kappa shape index (κ2) is 6.85. The highest BCUT2D eigenvalue weighted by Crippen LogP contribution is 2.23.